The Kier molecular flexibility index (Phi) is 67.7. The topological polar surface area (TPSA) is 175 Å². The predicted molar refractivity (Wildman–Crippen MR) is 398 cm³/mol. The molecule has 0 saturated carbocycles. The van der Waals surface area contributed by atoms with E-state index < -0.39 is 49.5 Å². The predicted octanol–water partition coefficient (Wildman–Crippen LogP) is 21.8. The summed E-state index contributed by atoms with van der Waals surface area (Å²) in [4.78, 5) is 25.2. The number of allylic oxidation sites excluding steroid dienone is 11. The van der Waals surface area contributed by atoms with Gasteiger partial charge in [-0.2, -0.15) is 0 Å². The number of aliphatic hydroxyl groups is 5. The number of amides is 1. The van der Waals surface area contributed by atoms with Crippen molar-refractivity contribution in [2.75, 3.05) is 19.8 Å². The first-order valence-corrected chi connectivity index (χ1v) is 40.2. The number of ether oxygens (including phenoxy) is 3. The van der Waals surface area contributed by atoms with Crippen LogP contribution in [0.4, 0.5) is 0 Å². The van der Waals surface area contributed by atoms with Crippen LogP contribution < -0.4 is 5.32 Å². The summed E-state index contributed by atoms with van der Waals surface area (Å²) < 4.78 is 16.8. The van der Waals surface area contributed by atoms with Gasteiger partial charge in [0.15, 0.2) is 6.29 Å². The van der Waals surface area contributed by atoms with Crippen LogP contribution >= 0.6 is 0 Å². The van der Waals surface area contributed by atoms with Gasteiger partial charge in [0.25, 0.3) is 0 Å². The second kappa shape index (κ2) is 71.4. The Morgan fingerprint density at radius 3 is 1.15 bits per heavy atom. The maximum atomic E-state index is 13.1. The number of nitrogens with one attached hydrogen (secondary N) is 1. The molecule has 1 heterocycles. The molecule has 1 aliphatic heterocycles. The number of carbonyl (C=O) groups excluding carboxylic acids is 2. The molecule has 7 atom stereocenters. The SMILES string of the molecule is CCCC/C=C\C/C=C\CCCCCCCC(=O)OCCCCCCCCCCCCCCC/C=C\C/C=C\CCCCCCCCCCCCCCCCCCCC(=O)NC(COC1OC(CO)C(O)C(O)C1O)C(O)/C=C/CC/C=C/CCCCCCCCCCC. The van der Waals surface area contributed by atoms with Crippen molar-refractivity contribution in [3.8, 4) is 0 Å². The summed E-state index contributed by atoms with van der Waals surface area (Å²) in [6.07, 6.45) is 87.8. The van der Waals surface area contributed by atoms with Crippen molar-refractivity contribution >= 4 is 11.9 Å². The summed E-state index contributed by atoms with van der Waals surface area (Å²) in [7, 11) is 0. The molecule has 0 bridgehead atoms. The van der Waals surface area contributed by atoms with Crippen LogP contribution in [0.15, 0.2) is 72.9 Å². The van der Waals surface area contributed by atoms with E-state index in [1.54, 1.807) is 6.08 Å². The molecule has 6 N–H and O–H groups in total. The summed E-state index contributed by atoms with van der Waals surface area (Å²) in [5, 5.41) is 54.6. The number of carbonyl (C=O) groups is 2. The molecule has 0 spiro atoms. The van der Waals surface area contributed by atoms with Gasteiger partial charge >= 0.3 is 5.97 Å². The highest BCUT2D eigenvalue weighted by Gasteiger charge is 2.44. The van der Waals surface area contributed by atoms with E-state index in [1.165, 1.54) is 283 Å². The number of hydrogen-bond acceptors (Lipinski definition) is 10. The highest BCUT2D eigenvalue weighted by molar-refractivity contribution is 5.76. The summed E-state index contributed by atoms with van der Waals surface area (Å²) in [5.74, 6) is -0.190. The maximum absolute atomic E-state index is 13.1. The van der Waals surface area contributed by atoms with Crippen LogP contribution in [0.5, 0.6) is 0 Å². The molecule has 7 unspecified atom stereocenters. The van der Waals surface area contributed by atoms with Crippen LogP contribution in [-0.2, 0) is 23.8 Å². The number of aliphatic hydroxyl groups excluding tert-OH is 5. The van der Waals surface area contributed by atoms with Gasteiger partial charge in [-0.1, -0.05) is 337 Å². The lowest BCUT2D eigenvalue weighted by molar-refractivity contribution is -0.302. The molecule has 11 nitrogen and oxygen atoms in total. The Morgan fingerprint density at radius 2 is 0.734 bits per heavy atom. The normalized spacial score (nSPS) is 17.8. The van der Waals surface area contributed by atoms with Crippen molar-refractivity contribution in [3.63, 3.8) is 0 Å². The smallest absolute Gasteiger partial charge is 0.305 e. The Hall–Kier alpha value is -2.90. The van der Waals surface area contributed by atoms with Crippen LogP contribution in [0.25, 0.3) is 0 Å². The van der Waals surface area contributed by atoms with Crippen molar-refractivity contribution in [2.45, 2.75) is 423 Å². The third-order valence-corrected chi connectivity index (χ3v) is 18.8. The molecule has 1 saturated heterocycles. The number of unbranched alkanes of at least 4 members (excludes halogenated alkanes) is 47. The minimum absolute atomic E-state index is 0.00237. The Labute approximate surface area is 579 Å². The van der Waals surface area contributed by atoms with E-state index >= 15 is 0 Å². The standard InChI is InChI=1S/C83H151NO10/c1-3-5-7-9-11-13-15-17-42-45-49-53-57-61-65-69-76(86)75(74-93-83-82(91)81(90)80(89)77(73-85)94-83)84-78(87)70-66-62-58-54-50-46-43-40-38-36-34-32-30-28-26-24-22-20-19-21-23-25-27-29-31-33-35-37-39-41-44-48-52-56-60-64-68-72-92-79(88)71-67-63-59-55-51-47-18-16-14-12-10-8-6-4-2/h10,12,16,18-19,21,25,27,49,53,65,69,75-77,80-83,85-86,89-91H,3-9,11,13-15,17,20,22-24,26,28-48,50-52,54-64,66-68,70-74H2,1-2H3,(H,84,87)/b12-10-,18-16-,21-19-,27-25-,53-49+,69-65+. The molecule has 548 valence electrons. The molecule has 0 aromatic rings. The van der Waals surface area contributed by atoms with E-state index in [1.807, 2.05) is 6.08 Å². The highest BCUT2D eigenvalue weighted by Crippen LogP contribution is 2.24. The molecule has 1 fully saturated rings. The molecule has 0 radical (unpaired) electrons. The van der Waals surface area contributed by atoms with Gasteiger partial charge in [0.05, 0.1) is 32.0 Å². The fraction of sp³-hybridized carbons (Fsp3) is 0.831. The highest BCUT2D eigenvalue weighted by atomic mass is 16.7. The molecular weight excluding hydrogens is 1170 g/mol. The van der Waals surface area contributed by atoms with Gasteiger partial charge in [-0.05, 0) is 103 Å². The van der Waals surface area contributed by atoms with Crippen molar-refractivity contribution in [3.05, 3.63) is 72.9 Å². The van der Waals surface area contributed by atoms with E-state index in [-0.39, 0.29) is 18.5 Å². The lowest BCUT2D eigenvalue weighted by Crippen LogP contribution is -2.60. The van der Waals surface area contributed by atoms with E-state index in [4.69, 9.17) is 14.2 Å². The maximum Gasteiger partial charge on any atom is 0.305 e. The fourth-order valence-corrected chi connectivity index (χ4v) is 12.4. The molecule has 0 aromatic carbocycles. The summed E-state index contributed by atoms with van der Waals surface area (Å²) >= 11 is 0. The quantitative estimate of drug-likeness (QED) is 0.0195. The molecule has 1 amide bonds. The van der Waals surface area contributed by atoms with Crippen LogP contribution in [0, 0.1) is 0 Å². The van der Waals surface area contributed by atoms with Crippen molar-refractivity contribution in [2.24, 2.45) is 0 Å². The lowest BCUT2D eigenvalue weighted by Gasteiger charge is -2.40. The Bertz CT molecular complexity index is 1790. The first kappa shape index (κ1) is 89.1. The molecule has 0 aromatic heterocycles. The zero-order chi connectivity index (χ0) is 67.9. The molecule has 0 aliphatic carbocycles. The fourth-order valence-electron chi connectivity index (χ4n) is 12.4. The summed E-state index contributed by atoms with van der Waals surface area (Å²) in [6.45, 7) is 4.32. The van der Waals surface area contributed by atoms with Crippen molar-refractivity contribution < 1.29 is 49.3 Å². The van der Waals surface area contributed by atoms with E-state index in [9.17, 15) is 35.1 Å². The van der Waals surface area contributed by atoms with Crippen LogP contribution in [-0.4, -0.2) is 100 Å². The molecule has 11 heteroatoms. The van der Waals surface area contributed by atoms with Gasteiger partial charge in [-0.15, -0.1) is 0 Å². The monoisotopic (exact) mass is 1320 g/mol. The largest absolute Gasteiger partial charge is 0.466 e. The number of hydrogen-bond donors (Lipinski definition) is 6. The molecule has 1 aliphatic rings. The van der Waals surface area contributed by atoms with E-state index in [0.29, 0.717) is 19.4 Å². The summed E-state index contributed by atoms with van der Waals surface area (Å²) in [5.41, 5.74) is 0. The average Bonchev–Trinajstić information content (AvgIpc) is 0.846. The van der Waals surface area contributed by atoms with Gasteiger partial charge in [-0.25, -0.2) is 0 Å². The Morgan fingerprint density at radius 1 is 0.394 bits per heavy atom. The third-order valence-electron chi connectivity index (χ3n) is 18.8. The van der Waals surface area contributed by atoms with Crippen molar-refractivity contribution in [1.82, 2.24) is 5.32 Å². The van der Waals surface area contributed by atoms with Crippen molar-refractivity contribution in [1.29, 1.82) is 0 Å². The van der Waals surface area contributed by atoms with Crippen LogP contribution in [0.1, 0.15) is 380 Å². The second-order valence-corrected chi connectivity index (χ2v) is 27.7. The summed E-state index contributed by atoms with van der Waals surface area (Å²) in [6, 6.07) is -0.827. The van der Waals surface area contributed by atoms with Gasteiger partial charge in [0, 0.05) is 12.8 Å². The number of esters is 1. The van der Waals surface area contributed by atoms with Gasteiger partial charge in [0.1, 0.15) is 24.4 Å². The Balaban J connectivity index is 1.94. The molecular formula is C83H151NO10. The van der Waals surface area contributed by atoms with E-state index in [2.05, 4.69) is 79.9 Å². The van der Waals surface area contributed by atoms with Gasteiger partial charge in [0.2, 0.25) is 5.91 Å². The first-order chi connectivity index (χ1) is 46.2. The second-order valence-electron chi connectivity index (χ2n) is 27.7. The van der Waals surface area contributed by atoms with Crippen LogP contribution in [0.3, 0.4) is 0 Å². The third kappa shape index (κ3) is 59.2. The first-order valence-electron chi connectivity index (χ1n) is 40.2. The minimum atomic E-state index is -1.58. The molecule has 1 rings (SSSR count). The minimum Gasteiger partial charge on any atom is -0.466 e. The molecule has 94 heavy (non-hydrogen) atoms. The van der Waals surface area contributed by atoms with E-state index in [0.717, 1.165) is 70.6 Å². The number of rotatable bonds is 71. The van der Waals surface area contributed by atoms with Gasteiger partial charge < -0.3 is 45.1 Å². The lowest BCUT2D eigenvalue weighted by atomic mass is 9.99. The zero-order valence-electron chi connectivity index (χ0n) is 61.2. The average molecular weight is 1320 g/mol. The van der Waals surface area contributed by atoms with Crippen LogP contribution in [0.2, 0.25) is 0 Å². The van der Waals surface area contributed by atoms with Gasteiger partial charge in [-0.3, -0.25) is 9.59 Å². The zero-order valence-corrected chi connectivity index (χ0v) is 61.2.